The smallest absolute Gasteiger partial charge is 0.407 e. The summed E-state index contributed by atoms with van der Waals surface area (Å²) in [5.74, 6) is 0.509. The van der Waals surface area contributed by atoms with Crippen molar-refractivity contribution in [2.45, 2.75) is 58.6 Å². The van der Waals surface area contributed by atoms with Crippen molar-refractivity contribution < 1.29 is 9.53 Å². The van der Waals surface area contributed by atoms with Gasteiger partial charge in [0.05, 0.1) is 6.54 Å². The molecule has 1 heterocycles. The van der Waals surface area contributed by atoms with E-state index >= 15 is 0 Å². The zero-order valence-corrected chi connectivity index (χ0v) is 12.5. The molecule has 1 amide bonds. The van der Waals surface area contributed by atoms with Gasteiger partial charge in [0.25, 0.3) is 5.56 Å². The van der Waals surface area contributed by atoms with Crippen LogP contribution in [0.4, 0.5) is 4.79 Å². The number of carbonyl (C=O) groups excluding carboxylic acids is 1. The monoisotopic (exact) mass is 278 g/mol. The molecule has 1 aromatic heterocycles. The summed E-state index contributed by atoms with van der Waals surface area (Å²) in [6, 6.07) is 2.01. The lowest BCUT2D eigenvalue weighted by molar-refractivity contribution is 0.0523. The van der Waals surface area contributed by atoms with Gasteiger partial charge in [-0.05, 0) is 58.1 Å². The number of carbonyl (C=O) groups is 1. The first-order valence-corrected chi connectivity index (χ1v) is 6.96. The highest BCUT2D eigenvalue weighted by molar-refractivity contribution is 5.67. The zero-order valence-electron chi connectivity index (χ0n) is 12.5. The first-order chi connectivity index (χ1) is 9.26. The SMILES string of the molecule is Cc1cc(C2CC2)[nH]c(=O)c1CNC(=O)OC(C)(C)C. The van der Waals surface area contributed by atoms with Crippen molar-refractivity contribution in [3.8, 4) is 0 Å². The molecule has 0 unspecified atom stereocenters. The molecule has 0 bridgehead atoms. The molecule has 110 valence electrons. The summed E-state index contributed by atoms with van der Waals surface area (Å²) in [5, 5.41) is 2.62. The molecule has 0 spiro atoms. The average molecular weight is 278 g/mol. The predicted octanol–water partition coefficient (Wildman–Crippen LogP) is 2.59. The van der Waals surface area contributed by atoms with Gasteiger partial charge in [-0.3, -0.25) is 4.79 Å². The molecule has 5 heteroatoms. The topological polar surface area (TPSA) is 71.2 Å². The number of ether oxygens (including phenoxy) is 1. The third kappa shape index (κ3) is 3.85. The minimum Gasteiger partial charge on any atom is -0.444 e. The third-order valence-electron chi connectivity index (χ3n) is 3.21. The number of H-pyrrole nitrogens is 1. The molecule has 2 rings (SSSR count). The molecule has 1 aromatic rings. The van der Waals surface area contributed by atoms with Crippen LogP contribution in [0.1, 0.15) is 56.4 Å². The summed E-state index contributed by atoms with van der Waals surface area (Å²) in [5.41, 5.74) is 1.84. The summed E-state index contributed by atoms with van der Waals surface area (Å²) in [4.78, 5) is 26.5. The van der Waals surface area contributed by atoms with E-state index in [1.54, 1.807) is 20.8 Å². The minimum absolute atomic E-state index is 0.122. The molecular formula is C15H22N2O3. The number of amides is 1. The molecule has 0 atom stereocenters. The normalized spacial score (nSPS) is 15.0. The number of nitrogens with one attached hydrogen (secondary N) is 2. The van der Waals surface area contributed by atoms with Crippen LogP contribution in [-0.4, -0.2) is 16.7 Å². The Bertz CT molecular complexity index is 565. The molecular weight excluding hydrogens is 256 g/mol. The highest BCUT2D eigenvalue weighted by Crippen LogP contribution is 2.38. The van der Waals surface area contributed by atoms with Crippen molar-refractivity contribution in [2.75, 3.05) is 0 Å². The van der Waals surface area contributed by atoms with E-state index in [1.807, 2.05) is 13.0 Å². The summed E-state index contributed by atoms with van der Waals surface area (Å²) < 4.78 is 5.15. The largest absolute Gasteiger partial charge is 0.444 e. The number of aryl methyl sites for hydroxylation is 1. The Morgan fingerprint density at radius 1 is 1.45 bits per heavy atom. The van der Waals surface area contributed by atoms with Crippen LogP contribution in [0.15, 0.2) is 10.9 Å². The lowest BCUT2D eigenvalue weighted by atomic mass is 10.1. The first-order valence-electron chi connectivity index (χ1n) is 6.96. The quantitative estimate of drug-likeness (QED) is 0.892. The number of aromatic amines is 1. The van der Waals surface area contributed by atoms with Gasteiger partial charge in [0.1, 0.15) is 5.60 Å². The molecule has 1 aliphatic rings. The molecule has 1 saturated carbocycles. The predicted molar refractivity (Wildman–Crippen MR) is 76.8 cm³/mol. The van der Waals surface area contributed by atoms with E-state index in [1.165, 1.54) is 0 Å². The van der Waals surface area contributed by atoms with Gasteiger partial charge in [0.15, 0.2) is 0 Å². The second-order valence-corrected chi connectivity index (χ2v) is 6.35. The van der Waals surface area contributed by atoms with E-state index in [0.29, 0.717) is 11.5 Å². The molecule has 1 aliphatic carbocycles. The van der Waals surface area contributed by atoms with E-state index in [4.69, 9.17) is 4.74 Å². The number of hydrogen-bond donors (Lipinski definition) is 2. The number of hydrogen-bond acceptors (Lipinski definition) is 3. The molecule has 20 heavy (non-hydrogen) atoms. The fourth-order valence-corrected chi connectivity index (χ4v) is 2.05. The van der Waals surface area contributed by atoms with Gasteiger partial charge >= 0.3 is 6.09 Å². The van der Waals surface area contributed by atoms with Crippen molar-refractivity contribution in [1.82, 2.24) is 10.3 Å². The first kappa shape index (κ1) is 14.6. The molecule has 1 fully saturated rings. The summed E-state index contributed by atoms with van der Waals surface area (Å²) in [7, 11) is 0. The maximum Gasteiger partial charge on any atom is 0.407 e. The molecule has 0 aliphatic heterocycles. The maximum absolute atomic E-state index is 12.0. The van der Waals surface area contributed by atoms with Crippen LogP contribution in [-0.2, 0) is 11.3 Å². The van der Waals surface area contributed by atoms with Crippen molar-refractivity contribution >= 4 is 6.09 Å². The van der Waals surface area contributed by atoms with Crippen molar-refractivity contribution in [2.24, 2.45) is 0 Å². The fraction of sp³-hybridized carbons (Fsp3) is 0.600. The van der Waals surface area contributed by atoms with Crippen LogP contribution < -0.4 is 10.9 Å². The second-order valence-electron chi connectivity index (χ2n) is 6.35. The van der Waals surface area contributed by atoms with Gasteiger partial charge in [-0.1, -0.05) is 0 Å². The van der Waals surface area contributed by atoms with Crippen LogP contribution >= 0.6 is 0 Å². The van der Waals surface area contributed by atoms with Gasteiger partial charge in [-0.2, -0.15) is 0 Å². The lowest BCUT2D eigenvalue weighted by Crippen LogP contribution is -2.34. The Morgan fingerprint density at radius 2 is 2.10 bits per heavy atom. The number of pyridine rings is 1. The van der Waals surface area contributed by atoms with Gasteiger partial charge in [-0.25, -0.2) is 4.79 Å². The Kier molecular flexibility index (Phi) is 3.88. The lowest BCUT2D eigenvalue weighted by Gasteiger charge is -2.19. The van der Waals surface area contributed by atoms with Crippen LogP contribution in [0.2, 0.25) is 0 Å². The van der Waals surface area contributed by atoms with E-state index in [9.17, 15) is 9.59 Å². The Labute approximate surface area is 118 Å². The van der Waals surface area contributed by atoms with Gasteiger partial charge < -0.3 is 15.0 Å². The molecule has 0 radical (unpaired) electrons. The Balaban J connectivity index is 2.03. The van der Waals surface area contributed by atoms with E-state index < -0.39 is 11.7 Å². The third-order valence-corrected chi connectivity index (χ3v) is 3.21. The number of aromatic nitrogens is 1. The second kappa shape index (κ2) is 5.31. The number of alkyl carbamates (subject to hydrolysis) is 1. The molecule has 2 N–H and O–H groups in total. The molecule has 0 saturated heterocycles. The van der Waals surface area contributed by atoms with E-state index in [-0.39, 0.29) is 12.1 Å². The Morgan fingerprint density at radius 3 is 2.60 bits per heavy atom. The van der Waals surface area contributed by atoms with Gasteiger partial charge in [-0.15, -0.1) is 0 Å². The standard InChI is InChI=1S/C15H22N2O3/c1-9-7-12(10-5-6-10)17-13(18)11(9)8-16-14(19)20-15(2,3)4/h7,10H,5-6,8H2,1-4H3,(H,16,19)(H,17,18). The molecule has 0 aromatic carbocycles. The van der Waals surface area contributed by atoms with E-state index in [2.05, 4.69) is 10.3 Å². The number of rotatable bonds is 3. The maximum atomic E-state index is 12.0. The fourth-order valence-electron chi connectivity index (χ4n) is 2.05. The van der Waals surface area contributed by atoms with Crippen molar-refractivity contribution in [1.29, 1.82) is 0 Å². The summed E-state index contributed by atoms with van der Waals surface area (Å²) >= 11 is 0. The average Bonchev–Trinajstić information content (AvgIpc) is 3.08. The van der Waals surface area contributed by atoms with Crippen LogP contribution in [0.5, 0.6) is 0 Å². The summed E-state index contributed by atoms with van der Waals surface area (Å²) in [6.07, 6.45) is 1.78. The molecule has 5 nitrogen and oxygen atoms in total. The highest BCUT2D eigenvalue weighted by atomic mass is 16.6. The van der Waals surface area contributed by atoms with Crippen LogP contribution in [0, 0.1) is 6.92 Å². The van der Waals surface area contributed by atoms with Gasteiger partial charge in [0, 0.05) is 11.3 Å². The van der Waals surface area contributed by atoms with Crippen molar-refractivity contribution in [3.63, 3.8) is 0 Å². The zero-order chi connectivity index (χ0) is 14.9. The minimum atomic E-state index is -0.540. The van der Waals surface area contributed by atoms with E-state index in [0.717, 1.165) is 24.1 Å². The van der Waals surface area contributed by atoms with Crippen molar-refractivity contribution in [3.05, 3.63) is 33.2 Å². The van der Waals surface area contributed by atoms with Crippen LogP contribution in [0.25, 0.3) is 0 Å². The summed E-state index contributed by atoms with van der Waals surface area (Å²) in [6.45, 7) is 7.48. The Hall–Kier alpha value is -1.78. The highest BCUT2D eigenvalue weighted by Gasteiger charge is 2.25. The van der Waals surface area contributed by atoms with Gasteiger partial charge in [0.2, 0.25) is 0 Å². The van der Waals surface area contributed by atoms with Crippen LogP contribution in [0.3, 0.4) is 0 Å².